The number of carbonyl (C=O) groups excluding carboxylic acids is 1. The van der Waals surface area contributed by atoms with Crippen molar-refractivity contribution in [1.82, 2.24) is 15.2 Å². The van der Waals surface area contributed by atoms with Gasteiger partial charge in [0.1, 0.15) is 17.2 Å². The number of nitrogens with zero attached hydrogens (tertiary/aromatic N) is 3. The van der Waals surface area contributed by atoms with Crippen LogP contribution in [0, 0.1) is 0 Å². The Hall–Kier alpha value is -3.88. The molecule has 0 saturated carbocycles. The standard InChI is InChI=1S/C20H20N4O5/c1-24-20(26)14-8-6-5-7-13(14)18(23-24)19(25)22-21-11-15-16(28-3)9-12(27-2)10-17(15)29-4/h5-11H,1-4H3,(H,22,25)/b21-11+. The van der Waals surface area contributed by atoms with E-state index in [0.717, 1.165) is 4.68 Å². The molecule has 0 atom stereocenters. The van der Waals surface area contributed by atoms with Gasteiger partial charge in [0.15, 0.2) is 5.69 Å². The van der Waals surface area contributed by atoms with Gasteiger partial charge in [0.05, 0.1) is 38.5 Å². The molecule has 150 valence electrons. The number of hydrogen-bond donors (Lipinski definition) is 1. The van der Waals surface area contributed by atoms with Gasteiger partial charge in [-0.1, -0.05) is 18.2 Å². The molecule has 0 saturated heterocycles. The SMILES string of the molecule is COc1cc(OC)c(/C=N/NC(=O)c2nn(C)c(=O)c3ccccc23)c(OC)c1. The maximum atomic E-state index is 12.6. The zero-order chi connectivity index (χ0) is 21.0. The number of fused-ring (bicyclic) bond motifs is 1. The molecule has 0 spiro atoms. The van der Waals surface area contributed by atoms with Crippen LogP contribution in [0.4, 0.5) is 0 Å². The van der Waals surface area contributed by atoms with Crippen LogP contribution in [-0.4, -0.2) is 43.2 Å². The summed E-state index contributed by atoms with van der Waals surface area (Å²) in [6, 6.07) is 10.1. The van der Waals surface area contributed by atoms with Gasteiger partial charge in [0.2, 0.25) is 0 Å². The van der Waals surface area contributed by atoms with Crippen molar-refractivity contribution in [3.8, 4) is 17.2 Å². The highest BCUT2D eigenvalue weighted by atomic mass is 16.5. The van der Waals surface area contributed by atoms with Crippen molar-refractivity contribution in [1.29, 1.82) is 0 Å². The minimum atomic E-state index is -0.556. The molecule has 3 rings (SSSR count). The zero-order valence-electron chi connectivity index (χ0n) is 16.4. The summed E-state index contributed by atoms with van der Waals surface area (Å²) in [5, 5.41) is 8.91. The molecule has 1 aromatic heterocycles. The van der Waals surface area contributed by atoms with Crippen LogP contribution in [0.25, 0.3) is 10.8 Å². The maximum Gasteiger partial charge on any atom is 0.292 e. The summed E-state index contributed by atoms with van der Waals surface area (Å²) in [6.45, 7) is 0. The lowest BCUT2D eigenvalue weighted by atomic mass is 10.1. The Morgan fingerprint density at radius 3 is 2.28 bits per heavy atom. The molecule has 1 N–H and O–H groups in total. The molecule has 1 amide bonds. The van der Waals surface area contributed by atoms with Crippen LogP contribution < -0.4 is 25.2 Å². The van der Waals surface area contributed by atoms with Crippen LogP contribution in [0.5, 0.6) is 17.2 Å². The highest BCUT2D eigenvalue weighted by Crippen LogP contribution is 2.32. The van der Waals surface area contributed by atoms with Gasteiger partial charge in [-0.05, 0) is 6.07 Å². The van der Waals surface area contributed by atoms with Crippen LogP contribution in [0.1, 0.15) is 16.1 Å². The van der Waals surface area contributed by atoms with Gasteiger partial charge in [-0.3, -0.25) is 9.59 Å². The predicted octanol–water partition coefficient (Wildman–Crippen LogP) is 1.72. The molecule has 0 aliphatic heterocycles. The average molecular weight is 396 g/mol. The molecule has 9 nitrogen and oxygen atoms in total. The van der Waals surface area contributed by atoms with Gasteiger partial charge < -0.3 is 14.2 Å². The molecule has 0 aliphatic carbocycles. The van der Waals surface area contributed by atoms with Crippen molar-refractivity contribution in [3.05, 3.63) is 58.0 Å². The van der Waals surface area contributed by atoms with E-state index in [2.05, 4.69) is 15.6 Å². The van der Waals surface area contributed by atoms with Crippen LogP contribution in [0.2, 0.25) is 0 Å². The zero-order valence-corrected chi connectivity index (χ0v) is 16.4. The minimum Gasteiger partial charge on any atom is -0.496 e. The summed E-state index contributed by atoms with van der Waals surface area (Å²) < 4.78 is 17.0. The summed E-state index contributed by atoms with van der Waals surface area (Å²) in [6.07, 6.45) is 1.40. The number of hydrazone groups is 1. The summed E-state index contributed by atoms with van der Waals surface area (Å²) in [5.74, 6) is 0.926. The number of ether oxygens (including phenoxy) is 3. The number of carbonyl (C=O) groups is 1. The number of amides is 1. The number of hydrogen-bond acceptors (Lipinski definition) is 7. The van der Waals surface area contributed by atoms with Crippen molar-refractivity contribution in [3.63, 3.8) is 0 Å². The highest BCUT2D eigenvalue weighted by Gasteiger charge is 2.16. The van der Waals surface area contributed by atoms with Crippen molar-refractivity contribution >= 4 is 22.9 Å². The first-order valence-corrected chi connectivity index (χ1v) is 8.59. The maximum absolute atomic E-state index is 12.6. The first-order valence-electron chi connectivity index (χ1n) is 8.59. The molecular weight excluding hydrogens is 376 g/mol. The molecule has 0 aliphatic rings. The third-order valence-electron chi connectivity index (χ3n) is 4.28. The Morgan fingerprint density at radius 2 is 1.69 bits per heavy atom. The number of rotatable bonds is 6. The van der Waals surface area contributed by atoms with Gasteiger partial charge >= 0.3 is 0 Å². The third-order valence-corrected chi connectivity index (χ3v) is 4.28. The normalized spacial score (nSPS) is 10.9. The van der Waals surface area contributed by atoms with Crippen LogP contribution in [-0.2, 0) is 7.05 Å². The van der Waals surface area contributed by atoms with E-state index in [9.17, 15) is 9.59 Å². The minimum absolute atomic E-state index is 0.0912. The van der Waals surface area contributed by atoms with E-state index in [-0.39, 0.29) is 11.3 Å². The van der Waals surface area contributed by atoms with Gasteiger partial charge in [-0.15, -0.1) is 0 Å². The highest BCUT2D eigenvalue weighted by molar-refractivity contribution is 6.05. The molecule has 9 heteroatoms. The number of nitrogens with one attached hydrogen (secondary N) is 1. The summed E-state index contributed by atoms with van der Waals surface area (Å²) in [7, 11) is 6.03. The lowest BCUT2D eigenvalue weighted by Gasteiger charge is -2.12. The Balaban J connectivity index is 1.93. The Kier molecular flexibility index (Phi) is 5.77. The monoisotopic (exact) mass is 396 g/mol. The van der Waals surface area contributed by atoms with Crippen molar-refractivity contribution in [2.45, 2.75) is 0 Å². The van der Waals surface area contributed by atoms with Gasteiger partial charge in [-0.2, -0.15) is 10.2 Å². The van der Waals surface area contributed by atoms with E-state index in [1.54, 1.807) is 36.4 Å². The van der Waals surface area contributed by atoms with Gasteiger partial charge in [0.25, 0.3) is 11.5 Å². The van der Waals surface area contributed by atoms with E-state index in [0.29, 0.717) is 33.6 Å². The smallest absolute Gasteiger partial charge is 0.292 e. The second-order valence-corrected chi connectivity index (χ2v) is 5.97. The average Bonchev–Trinajstić information content (AvgIpc) is 2.75. The number of aromatic nitrogens is 2. The Bertz CT molecular complexity index is 1130. The second-order valence-electron chi connectivity index (χ2n) is 5.97. The van der Waals surface area contributed by atoms with Crippen LogP contribution >= 0.6 is 0 Å². The molecule has 0 radical (unpaired) electrons. The Morgan fingerprint density at radius 1 is 1.07 bits per heavy atom. The fourth-order valence-corrected chi connectivity index (χ4v) is 2.84. The molecular formula is C20H20N4O5. The predicted molar refractivity (Wildman–Crippen MR) is 108 cm³/mol. The second kappa shape index (κ2) is 8.42. The van der Waals surface area contributed by atoms with Crippen LogP contribution in [0.15, 0.2) is 46.3 Å². The fraction of sp³-hybridized carbons (Fsp3) is 0.200. The van der Waals surface area contributed by atoms with Gasteiger partial charge in [-0.25, -0.2) is 10.1 Å². The topological polar surface area (TPSA) is 104 Å². The van der Waals surface area contributed by atoms with Crippen molar-refractivity contribution in [2.75, 3.05) is 21.3 Å². The third kappa shape index (κ3) is 3.88. The molecule has 29 heavy (non-hydrogen) atoms. The van der Waals surface area contributed by atoms with Crippen LogP contribution in [0.3, 0.4) is 0 Å². The van der Waals surface area contributed by atoms with Crippen molar-refractivity contribution in [2.24, 2.45) is 12.1 Å². The number of aryl methyl sites for hydroxylation is 1. The number of benzene rings is 2. The molecule has 1 heterocycles. The van der Waals surface area contributed by atoms with Crippen molar-refractivity contribution < 1.29 is 19.0 Å². The van der Waals surface area contributed by atoms with E-state index >= 15 is 0 Å². The molecule has 0 fully saturated rings. The van der Waals surface area contributed by atoms with E-state index in [1.807, 2.05) is 0 Å². The largest absolute Gasteiger partial charge is 0.496 e. The first kappa shape index (κ1) is 19.9. The lowest BCUT2D eigenvalue weighted by Crippen LogP contribution is -2.27. The lowest BCUT2D eigenvalue weighted by molar-refractivity contribution is 0.0950. The first-order chi connectivity index (χ1) is 14.0. The Labute approximate surface area is 166 Å². The van der Waals surface area contributed by atoms with E-state index in [1.165, 1.54) is 34.6 Å². The van der Waals surface area contributed by atoms with E-state index < -0.39 is 5.91 Å². The quantitative estimate of drug-likeness (QED) is 0.503. The fourth-order valence-electron chi connectivity index (χ4n) is 2.84. The molecule has 2 aromatic carbocycles. The summed E-state index contributed by atoms with van der Waals surface area (Å²) in [4.78, 5) is 24.8. The molecule has 0 unspecified atom stereocenters. The summed E-state index contributed by atoms with van der Waals surface area (Å²) >= 11 is 0. The number of methoxy groups -OCH3 is 3. The molecule has 0 bridgehead atoms. The summed E-state index contributed by atoms with van der Waals surface area (Å²) in [5.41, 5.74) is 2.76. The van der Waals surface area contributed by atoms with Gasteiger partial charge in [0, 0.05) is 24.6 Å². The van der Waals surface area contributed by atoms with E-state index in [4.69, 9.17) is 14.2 Å². The molecule has 3 aromatic rings.